The Labute approximate surface area is 97.0 Å². The summed E-state index contributed by atoms with van der Waals surface area (Å²) in [5.41, 5.74) is 7.48. The molecule has 2 aromatic rings. The standard InChI is InChI=1S/C11H12F2N4/c1-6(14)11-7(2)17(16-15-11)8-3-4-9(12)10(13)5-8/h3-6H,14H2,1-2H3. The maximum Gasteiger partial charge on any atom is 0.160 e. The van der Waals surface area contributed by atoms with Crippen LogP contribution in [0, 0.1) is 18.6 Å². The van der Waals surface area contributed by atoms with Gasteiger partial charge in [-0.15, -0.1) is 5.10 Å². The lowest BCUT2D eigenvalue weighted by Gasteiger charge is -2.05. The van der Waals surface area contributed by atoms with Crippen LogP contribution >= 0.6 is 0 Å². The van der Waals surface area contributed by atoms with E-state index in [1.807, 2.05) is 0 Å². The molecule has 1 heterocycles. The predicted octanol–water partition coefficient (Wildman–Crippen LogP) is 1.87. The van der Waals surface area contributed by atoms with Gasteiger partial charge in [0.2, 0.25) is 0 Å². The highest BCUT2D eigenvalue weighted by Gasteiger charge is 2.14. The fourth-order valence-electron chi connectivity index (χ4n) is 1.62. The molecule has 0 aliphatic heterocycles. The molecular weight excluding hydrogens is 226 g/mol. The number of hydrogen-bond donors (Lipinski definition) is 1. The smallest absolute Gasteiger partial charge is 0.160 e. The molecule has 6 heteroatoms. The van der Waals surface area contributed by atoms with Crippen LogP contribution in [0.3, 0.4) is 0 Å². The van der Waals surface area contributed by atoms with Crippen molar-refractivity contribution in [3.05, 3.63) is 41.2 Å². The Balaban J connectivity index is 2.50. The van der Waals surface area contributed by atoms with Gasteiger partial charge in [0, 0.05) is 12.1 Å². The van der Waals surface area contributed by atoms with Gasteiger partial charge in [0.15, 0.2) is 11.6 Å². The van der Waals surface area contributed by atoms with Gasteiger partial charge in [-0.2, -0.15) is 0 Å². The number of hydrogen-bond acceptors (Lipinski definition) is 3. The number of halogens is 2. The zero-order valence-electron chi connectivity index (χ0n) is 9.48. The van der Waals surface area contributed by atoms with E-state index < -0.39 is 11.6 Å². The molecule has 0 saturated heterocycles. The lowest BCUT2D eigenvalue weighted by Crippen LogP contribution is -2.08. The van der Waals surface area contributed by atoms with E-state index in [0.717, 1.165) is 12.1 Å². The van der Waals surface area contributed by atoms with Crippen molar-refractivity contribution in [2.45, 2.75) is 19.9 Å². The third-order valence-electron chi connectivity index (χ3n) is 2.51. The lowest BCUT2D eigenvalue weighted by molar-refractivity contribution is 0.507. The quantitative estimate of drug-likeness (QED) is 0.869. The minimum Gasteiger partial charge on any atom is -0.323 e. The summed E-state index contributed by atoms with van der Waals surface area (Å²) in [6.45, 7) is 3.56. The number of nitrogens with two attached hydrogens (primary N) is 1. The monoisotopic (exact) mass is 238 g/mol. The first kappa shape index (κ1) is 11.7. The van der Waals surface area contributed by atoms with E-state index in [2.05, 4.69) is 10.3 Å². The molecule has 90 valence electrons. The van der Waals surface area contributed by atoms with E-state index in [1.165, 1.54) is 10.7 Å². The van der Waals surface area contributed by atoms with E-state index in [1.54, 1.807) is 13.8 Å². The van der Waals surface area contributed by atoms with Crippen LogP contribution in [0.15, 0.2) is 18.2 Å². The zero-order chi connectivity index (χ0) is 12.6. The molecule has 0 fully saturated rings. The summed E-state index contributed by atoms with van der Waals surface area (Å²) in [6.07, 6.45) is 0. The number of nitrogens with zero attached hydrogens (tertiary/aromatic N) is 3. The van der Waals surface area contributed by atoms with Crippen LogP contribution in [0.1, 0.15) is 24.4 Å². The first-order chi connectivity index (χ1) is 8.00. The van der Waals surface area contributed by atoms with E-state index >= 15 is 0 Å². The second-order valence-electron chi connectivity index (χ2n) is 3.86. The second-order valence-corrected chi connectivity index (χ2v) is 3.86. The third kappa shape index (κ3) is 2.03. The Morgan fingerprint density at radius 1 is 1.29 bits per heavy atom. The van der Waals surface area contributed by atoms with Gasteiger partial charge in [-0.1, -0.05) is 5.21 Å². The highest BCUT2D eigenvalue weighted by molar-refractivity contribution is 5.34. The van der Waals surface area contributed by atoms with Crippen LogP contribution in [-0.4, -0.2) is 15.0 Å². The van der Waals surface area contributed by atoms with Crippen molar-refractivity contribution in [2.24, 2.45) is 5.73 Å². The minimum absolute atomic E-state index is 0.256. The van der Waals surface area contributed by atoms with E-state index in [0.29, 0.717) is 17.1 Å². The summed E-state index contributed by atoms with van der Waals surface area (Å²) >= 11 is 0. The molecule has 1 aromatic carbocycles. The first-order valence-electron chi connectivity index (χ1n) is 5.14. The van der Waals surface area contributed by atoms with E-state index in [9.17, 15) is 8.78 Å². The predicted molar refractivity (Wildman–Crippen MR) is 58.6 cm³/mol. The number of aromatic nitrogens is 3. The highest BCUT2D eigenvalue weighted by atomic mass is 19.2. The summed E-state index contributed by atoms with van der Waals surface area (Å²) in [4.78, 5) is 0. The van der Waals surface area contributed by atoms with Gasteiger partial charge in [-0.3, -0.25) is 0 Å². The fraction of sp³-hybridized carbons (Fsp3) is 0.273. The van der Waals surface area contributed by atoms with Crippen molar-refractivity contribution in [1.29, 1.82) is 0 Å². The molecule has 4 nitrogen and oxygen atoms in total. The van der Waals surface area contributed by atoms with Crippen molar-refractivity contribution in [1.82, 2.24) is 15.0 Å². The average molecular weight is 238 g/mol. The summed E-state index contributed by atoms with van der Waals surface area (Å²) in [7, 11) is 0. The SMILES string of the molecule is Cc1c(C(C)N)nnn1-c1ccc(F)c(F)c1. The summed E-state index contributed by atoms with van der Waals surface area (Å²) in [6, 6.07) is 3.30. The van der Waals surface area contributed by atoms with Gasteiger partial charge in [0.25, 0.3) is 0 Å². The molecule has 0 amide bonds. The third-order valence-corrected chi connectivity index (χ3v) is 2.51. The summed E-state index contributed by atoms with van der Waals surface area (Å²) in [5, 5.41) is 7.79. The molecule has 0 aliphatic carbocycles. The van der Waals surface area contributed by atoms with E-state index in [-0.39, 0.29) is 6.04 Å². The van der Waals surface area contributed by atoms with Crippen LogP contribution in [0.5, 0.6) is 0 Å². The largest absolute Gasteiger partial charge is 0.323 e. The van der Waals surface area contributed by atoms with Crippen LogP contribution in [0.25, 0.3) is 5.69 Å². The van der Waals surface area contributed by atoms with Gasteiger partial charge in [-0.25, -0.2) is 13.5 Å². The molecule has 0 saturated carbocycles. The topological polar surface area (TPSA) is 56.7 Å². The highest BCUT2D eigenvalue weighted by Crippen LogP contribution is 2.17. The number of rotatable bonds is 2. The van der Waals surface area contributed by atoms with Crippen molar-refractivity contribution >= 4 is 0 Å². The average Bonchev–Trinajstić information content (AvgIpc) is 2.64. The van der Waals surface area contributed by atoms with Crippen LogP contribution in [0.2, 0.25) is 0 Å². The molecule has 1 aromatic heterocycles. The van der Waals surface area contributed by atoms with Crippen LogP contribution < -0.4 is 5.73 Å². The Morgan fingerprint density at radius 3 is 2.53 bits per heavy atom. The van der Waals surface area contributed by atoms with E-state index in [4.69, 9.17) is 5.73 Å². The van der Waals surface area contributed by atoms with Gasteiger partial charge >= 0.3 is 0 Å². The molecule has 1 atom stereocenters. The van der Waals surface area contributed by atoms with Gasteiger partial charge < -0.3 is 5.73 Å². The van der Waals surface area contributed by atoms with Crippen LogP contribution in [-0.2, 0) is 0 Å². The fourth-order valence-corrected chi connectivity index (χ4v) is 1.62. The Morgan fingerprint density at radius 2 is 2.00 bits per heavy atom. The molecular formula is C11H12F2N4. The maximum absolute atomic E-state index is 13.1. The van der Waals surface area contributed by atoms with Gasteiger partial charge in [0.05, 0.1) is 11.4 Å². The van der Waals surface area contributed by atoms with Crippen molar-refractivity contribution < 1.29 is 8.78 Å². The second kappa shape index (κ2) is 4.21. The van der Waals surface area contributed by atoms with Crippen molar-refractivity contribution in [3.8, 4) is 5.69 Å². The molecule has 17 heavy (non-hydrogen) atoms. The summed E-state index contributed by atoms with van der Waals surface area (Å²) < 4.78 is 27.3. The number of benzene rings is 1. The molecule has 0 bridgehead atoms. The Bertz CT molecular complexity index is 548. The minimum atomic E-state index is -0.917. The molecule has 2 rings (SSSR count). The van der Waals surface area contributed by atoms with Crippen LogP contribution in [0.4, 0.5) is 8.78 Å². The van der Waals surface area contributed by atoms with Gasteiger partial charge in [-0.05, 0) is 26.0 Å². The molecule has 0 spiro atoms. The zero-order valence-corrected chi connectivity index (χ0v) is 9.48. The molecule has 2 N–H and O–H groups in total. The van der Waals surface area contributed by atoms with Gasteiger partial charge in [0.1, 0.15) is 5.69 Å². The Hall–Kier alpha value is -1.82. The molecule has 0 aliphatic rings. The molecule has 1 unspecified atom stereocenters. The maximum atomic E-state index is 13.1. The Kier molecular flexibility index (Phi) is 2.89. The summed E-state index contributed by atoms with van der Waals surface area (Å²) in [5.74, 6) is -1.81. The van der Waals surface area contributed by atoms with Crippen molar-refractivity contribution in [2.75, 3.05) is 0 Å². The molecule has 0 radical (unpaired) electrons. The lowest BCUT2D eigenvalue weighted by atomic mass is 10.2. The normalized spacial score (nSPS) is 12.8. The first-order valence-corrected chi connectivity index (χ1v) is 5.14. The van der Waals surface area contributed by atoms with Crippen molar-refractivity contribution in [3.63, 3.8) is 0 Å².